The van der Waals surface area contributed by atoms with Crippen molar-refractivity contribution in [3.8, 4) is 0 Å². The van der Waals surface area contributed by atoms with Gasteiger partial charge in [0.15, 0.2) is 0 Å². The number of hydrogen-bond donors (Lipinski definition) is 2. The summed E-state index contributed by atoms with van der Waals surface area (Å²) in [6, 6.07) is 3.52. The predicted octanol–water partition coefficient (Wildman–Crippen LogP) is 0.424. The van der Waals surface area contributed by atoms with Gasteiger partial charge in [-0.3, -0.25) is 9.59 Å². The summed E-state index contributed by atoms with van der Waals surface area (Å²) < 4.78 is 9.70. The van der Waals surface area contributed by atoms with Gasteiger partial charge in [0.25, 0.3) is 5.91 Å². The van der Waals surface area contributed by atoms with Gasteiger partial charge in [-0.25, -0.2) is 5.43 Å². The minimum Gasteiger partial charge on any atom is -0.467 e. The summed E-state index contributed by atoms with van der Waals surface area (Å²) in [7, 11) is 1.41. The van der Waals surface area contributed by atoms with Gasteiger partial charge in [0, 0.05) is 12.8 Å². The maximum Gasteiger partial charge on any atom is 0.266 e. The summed E-state index contributed by atoms with van der Waals surface area (Å²) in [5.74, 6) is 0.118. The van der Waals surface area contributed by atoms with E-state index >= 15 is 0 Å². The van der Waals surface area contributed by atoms with E-state index in [4.69, 9.17) is 4.42 Å². The molecular weight excluding hydrogens is 250 g/mol. The van der Waals surface area contributed by atoms with Crippen molar-refractivity contribution >= 4 is 17.5 Å². The molecule has 1 aromatic heterocycles. The van der Waals surface area contributed by atoms with Crippen LogP contribution in [-0.4, -0.2) is 31.2 Å². The number of nitrogens with one attached hydrogen (secondary N) is 2. The van der Waals surface area contributed by atoms with Crippen LogP contribution < -0.4 is 10.7 Å². The maximum absolute atomic E-state index is 11.5. The fourth-order valence-corrected chi connectivity index (χ4v) is 1.25. The normalized spacial score (nSPS) is 11.2. The molecule has 0 aliphatic carbocycles. The number of methoxy groups -OCH3 is 1. The quantitative estimate of drug-likeness (QED) is 0.553. The first-order chi connectivity index (χ1) is 9.11. The Labute approximate surface area is 111 Å². The van der Waals surface area contributed by atoms with E-state index < -0.39 is 0 Å². The van der Waals surface area contributed by atoms with E-state index in [1.807, 2.05) is 0 Å². The molecule has 7 heteroatoms. The van der Waals surface area contributed by atoms with Gasteiger partial charge in [0.2, 0.25) is 5.91 Å². The number of carbonyl (C=O) groups is 2. The van der Waals surface area contributed by atoms with Crippen LogP contribution in [0.2, 0.25) is 0 Å². The molecule has 0 saturated heterocycles. The monoisotopic (exact) mass is 267 g/mol. The van der Waals surface area contributed by atoms with Gasteiger partial charge in [0.1, 0.15) is 12.4 Å². The van der Waals surface area contributed by atoms with Crippen molar-refractivity contribution in [3.63, 3.8) is 0 Å². The summed E-state index contributed by atoms with van der Waals surface area (Å²) >= 11 is 0. The molecule has 0 aliphatic rings. The zero-order chi connectivity index (χ0) is 14.1. The van der Waals surface area contributed by atoms with Crippen LogP contribution in [-0.2, 0) is 20.9 Å². The fourth-order valence-electron chi connectivity index (χ4n) is 1.25. The van der Waals surface area contributed by atoms with Crippen LogP contribution in [0.3, 0.4) is 0 Å². The van der Waals surface area contributed by atoms with E-state index in [1.54, 1.807) is 25.3 Å². The highest BCUT2D eigenvalue weighted by Crippen LogP contribution is 1.98. The second-order valence-corrected chi connectivity index (χ2v) is 3.85. The number of hydrazone groups is 1. The van der Waals surface area contributed by atoms with Crippen LogP contribution in [0.1, 0.15) is 19.1 Å². The average Bonchev–Trinajstić information content (AvgIpc) is 2.87. The Kier molecular flexibility index (Phi) is 6.31. The van der Waals surface area contributed by atoms with Gasteiger partial charge in [-0.1, -0.05) is 0 Å². The Morgan fingerprint density at radius 2 is 2.21 bits per heavy atom. The number of furan rings is 1. The van der Waals surface area contributed by atoms with Crippen LogP contribution >= 0.6 is 0 Å². The highest BCUT2D eigenvalue weighted by atomic mass is 16.5. The van der Waals surface area contributed by atoms with Crippen LogP contribution in [0.5, 0.6) is 0 Å². The lowest BCUT2D eigenvalue weighted by Crippen LogP contribution is -2.27. The molecule has 7 nitrogen and oxygen atoms in total. The number of rotatable bonds is 7. The Balaban J connectivity index is 2.27. The summed E-state index contributed by atoms with van der Waals surface area (Å²) in [5, 5.41) is 6.46. The maximum atomic E-state index is 11.5. The van der Waals surface area contributed by atoms with Crippen molar-refractivity contribution in [2.45, 2.75) is 19.9 Å². The Morgan fingerprint density at radius 3 is 2.84 bits per heavy atom. The molecule has 0 atom stereocenters. The molecule has 104 valence electrons. The highest BCUT2D eigenvalue weighted by molar-refractivity contribution is 6.00. The molecule has 0 saturated carbocycles. The Morgan fingerprint density at radius 1 is 1.42 bits per heavy atom. The molecule has 1 aromatic rings. The summed E-state index contributed by atoms with van der Waals surface area (Å²) in [6.07, 6.45) is 1.65. The molecule has 0 spiro atoms. The van der Waals surface area contributed by atoms with Gasteiger partial charge < -0.3 is 14.5 Å². The molecule has 0 fully saturated rings. The van der Waals surface area contributed by atoms with Crippen LogP contribution in [0.25, 0.3) is 0 Å². The molecule has 1 heterocycles. The van der Waals surface area contributed by atoms with Crippen molar-refractivity contribution in [1.29, 1.82) is 0 Å². The largest absolute Gasteiger partial charge is 0.467 e. The van der Waals surface area contributed by atoms with E-state index in [0.29, 0.717) is 18.0 Å². The third-order valence-electron chi connectivity index (χ3n) is 2.10. The van der Waals surface area contributed by atoms with E-state index in [-0.39, 0.29) is 24.8 Å². The topological polar surface area (TPSA) is 92.9 Å². The van der Waals surface area contributed by atoms with Crippen molar-refractivity contribution in [3.05, 3.63) is 24.2 Å². The van der Waals surface area contributed by atoms with Crippen LogP contribution in [0, 0.1) is 0 Å². The number of carbonyl (C=O) groups excluding carboxylic acids is 2. The number of hydrogen-bond acceptors (Lipinski definition) is 5. The molecule has 2 N–H and O–H groups in total. The zero-order valence-electron chi connectivity index (χ0n) is 10.9. The molecule has 0 bridgehead atoms. The van der Waals surface area contributed by atoms with Crippen LogP contribution in [0.15, 0.2) is 27.9 Å². The zero-order valence-corrected chi connectivity index (χ0v) is 10.9. The average molecular weight is 267 g/mol. The first kappa shape index (κ1) is 14.9. The van der Waals surface area contributed by atoms with Gasteiger partial charge in [-0.15, -0.1) is 0 Å². The van der Waals surface area contributed by atoms with Crippen molar-refractivity contribution < 1.29 is 18.7 Å². The van der Waals surface area contributed by atoms with E-state index in [9.17, 15) is 9.59 Å². The summed E-state index contributed by atoms with van der Waals surface area (Å²) in [6.45, 7) is 1.91. The smallest absolute Gasteiger partial charge is 0.266 e. The summed E-state index contributed by atoms with van der Waals surface area (Å²) in [4.78, 5) is 22.6. The fraction of sp³-hybridized carbons (Fsp3) is 0.417. The predicted molar refractivity (Wildman–Crippen MR) is 68.3 cm³/mol. The molecule has 0 radical (unpaired) electrons. The number of nitrogens with zero attached hydrogens (tertiary/aromatic N) is 1. The third kappa shape index (κ3) is 6.37. The van der Waals surface area contributed by atoms with Gasteiger partial charge in [-0.05, 0) is 19.1 Å². The standard InChI is InChI=1S/C12H17N3O4/c1-9(14-15-12(17)8-18-2)6-11(16)13-7-10-4-3-5-19-10/h3-5H,6-8H2,1-2H3,(H,13,16)(H,15,17). The third-order valence-corrected chi connectivity index (χ3v) is 2.10. The molecule has 0 aromatic carbocycles. The lowest BCUT2D eigenvalue weighted by molar-refractivity contribution is -0.124. The molecule has 19 heavy (non-hydrogen) atoms. The van der Waals surface area contributed by atoms with Crippen molar-refractivity contribution in [2.24, 2.45) is 5.10 Å². The van der Waals surface area contributed by atoms with E-state index in [0.717, 1.165) is 0 Å². The summed E-state index contributed by atoms with van der Waals surface area (Å²) in [5.41, 5.74) is 2.79. The van der Waals surface area contributed by atoms with E-state index in [2.05, 4.69) is 20.6 Å². The Bertz CT molecular complexity index is 440. The van der Waals surface area contributed by atoms with Crippen molar-refractivity contribution in [2.75, 3.05) is 13.7 Å². The highest BCUT2D eigenvalue weighted by Gasteiger charge is 2.05. The van der Waals surface area contributed by atoms with Gasteiger partial charge >= 0.3 is 0 Å². The lowest BCUT2D eigenvalue weighted by Gasteiger charge is -2.03. The first-order valence-corrected chi connectivity index (χ1v) is 5.72. The minimum absolute atomic E-state index is 0.0680. The molecule has 2 amide bonds. The number of amides is 2. The Hall–Kier alpha value is -2.15. The molecule has 1 rings (SSSR count). The molecule has 0 aliphatic heterocycles. The van der Waals surface area contributed by atoms with Gasteiger partial charge in [-0.2, -0.15) is 5.10 Å². The minimum atomic E-state index is -0.363. The van der Waals surface area contributed by atoms with Gasteiger partial charge in [0.05, 0.1) is 19.2 Å². The van der Waals surface area contributed by atoms with Crippen molar-refractivity contribution in [1.82, 2.24) is 10.7 Å². The SMILES string of the molecule is COCC(=O)NN=C(C)CC(=O)NCc1ccco1. The number of ether oxygens (including phenoxy) is 1. The molecular formula is C12H17N3O4. The lowest BCUT2D eigenvalue weighted by atomic mass is 10.3. The van der Waals surface area contributed by atoms with E-state index in [1.165, 1.54) is 7.11 Å². The molecule has 0 unspecified atom stereocenters. The second kappa shape index (κ2) is 8.04. The second-order valence-electron chi connectivity index (χ2n) is 3.85. The first-order valence-electron chi connectivity index (χ1n) is 5.72. The van der Waals surface area contributed by atoms with Crippen LogP contribution in [0.4, 0.5) is 0 Å².